The first-order valence-electron chi connectivity index (χ1n) is 8.37. The Morgan fingerprint density at radius 1 is 1.10 bits per heavy atom. The first kappa shape index (κ1) is 15.0. The first-order chi connectivity index (χ1) is 10.2. The number of hydrogen-bond donors (Lipinski definition) is 1. The molecule has 2 atom stereocenters. The molecule has 1 aromatic carbocycles. The lowest BCUT2D eigenvalue weighted by atomic mass is 9.71. The lowest BCUT2D eigenvalue weighted by Gasteiger charge is -2.44. The van der Waals surface area contributed by atoms with Crippen LogP contribution in [0.15, 0.2) is 30.3 Å². The Bertz CT molecular complexity index is 442. The summed E-state index contributed by atoms with van der Waals surface area (Å²) in [6, 6.07) is 10.3. The largest absolute Gasteiger partial charge is 0.385 e. The molecule has 1 aromatic rings. The van der Waals surface area contributed by atoms with Crippen LogP contribution < -0.4 is 0 Å². The molecule has 1 N–H and O–H groups in total. The van der Waals surface area contributed by atoms with E-state index in [0.717, 1.165) is 57.5 Å². The highest BCUT2D eigenvalue weighted by Gasteiger charge is 2.41. The summed E-state index contributed by atoms with van der Waals surface area (Å²) in [5, 5.41) is 11.3. The fraction of sp³-hybridized carbons (Fsp3) is 0.667. The Balaban J connectivity index is 1.72. The van der Waals surface area contributed by atoms with Crippen molar-refractivity contribution in [2.75, 3.05) is 39.8 Å². The predicted molar refractivity (Wildman–Crippen MR) is 86.2 cm³/mol. The molecule has 0 bridgehead atoms. The standard InChI is InChI=1S/C18H28N2O/c1-19-11-13-20(14-12-19)15-17-9-5-6-10-18(17,21)16-7-3-2-4-8-16/h2-4,7-8,17,21H,5-6,9-15H2,1H3. The molecule has 2 aliphatic rings. The predicted octanol–water partition coefficient (Wildman–Crippen LogP) is 2.31. The summed E-state index contributed by atoms with van der Waals surface area (Å²) in [5.41, 5.74) is 0.492. The molecular weight excluding hydrogens is 260 g/mol. The van der Waals surface area contributed by atoms with Gasteiger partial charge in [-0.3, -0.25) is 0 Å². The van der Waals surface area contributed by atoms with E-state index in [1.807, 2.05) is 6.07 Å². The van der Waals surface area contributed by atoms with Crippen molar-refractivity contribution in [3.63, 3.8) is 0 Å². The summed E-state index contributed by atoms with van der Waals surface area (Å²) in [6.45, 7) is 5.61. The molecule has 2 fully saturated rings. The zero-order chi connectivity index (χ0) is 14.7. The van der Waals surface area contributed by atoms with Gasteiger partial charge in [0, 0.05) is 38.6 Å². The first-order valence-corrected chi connectivity index (χ1v) is 8.37. The van der Waals surface area contributed by atoms with Crippen molar-refractivity contribution in [1.29, 1.82) is 0 Å². The molecule has 116 valence electrons. The van der Waals surface area contributed by atoms with E-state index in [2.05, 4.69) is 41.1 Å². The van der Waals surface area contributed by atoms with E-state index >= 15 is 0 Å². The summed E-state index contributed by atoms with van der Waals surface area (Å²) in [7, 11) is 2.19. The van der Waals surface area contributed by atoms with Gasteiger partial charge in [-0.15, -0.1) is 0 Å². The molecule has 2 unspecified atom stereocenters. The second-order valence-corrected chi connectivity index (χ2v) is 6.84. The molecule has 1 aliphatic carbocycles. The van der Waals surface area contributed by atoms with Crippen molar-refractivity contribution >= 4 is 0 Å². The zero-order valence-electron chi connectivity index (χ0n) is 13.2. The van der Waals surface area contributed by atoms with Crippen LogP contribution in [0.1, 0.15) is 31.2 Å². The minimum absolute atomic E-state index is 0.372. The van der Waals surface area contributed by atoms with Crippen LogP contribution in [-0.2, 0) is 5.60 Å². The number of rotatable bonds is 3. The number of piperazine rings is 1. The summed E-state index contributed by atoms with van der Waals surface area (Å²) in [5.74, 6) is 0.372. The molecule has 21 heavy (non-hydrogen) atoms. The molecule has 1 saturated heterocycles. The average Bonchev–Trinajstić information content (AvgIpc) is 2.53. The normalized spacial score (nSPS) is 32.2. The van der Waals surface area contributed by atoms with Crippen LogP contribution in [0.5, 0.6) is 0 Å². The lowest BCUT2D eigenvalue weighted by molar-refractivity contribution is -0.0684. The van der Waals surface area contributed by atoms with E-state index in [1.54, 1.807) is 0 Å². The smallest absolute Gasteiger partial charge is 0.0936 e. The van der Waals surface area contributed by atoms with Gasteiger partial charge in [-0.2, -0.15) is 0 Å². The van der Waals surface area contributed by atoms with Gasteiger partial charge < -0.3 is 14.9 Å². The third-order valence-electron chi connectivity index (χ3n) is 5.38. The summed E-state index contributed by atoms with van der Waals surface area (Å²) in [6.07, 6.45) is 4.46. The van der Waals surface area contributed by atoms with Crippen LogP contribution in [0, 0.1) is 5.92 Å². The number of likely N-dealkylation sites (N-methyl/N-ethyl adjacent to an activating group) is 1. The van der Waals surface area contributed by atoms with Crippen molar-refractivity contribution < 1.29 is 5.11 Å². The van der Waals surface area contributed by atoms with E-state index in [9.17, 15) is 5.11 Å². The van der Waals surface area contributed by atoms with E-state index < -0.39 is 5.60 Å². The second-order valence-electron chi connectivity index (χ2n) is 6.84. The fourth-order valence-electron chi connectivity index (χ4n) is 3.92. The maximum absolute atomic E-state index is 11.3. The highest BCUT2D eigenvalue weighted by Crippen LogP contribution is 2.42. The van der Waals surface area contributed by atoms with Crippen LogP contribution in [0.4, 0.5) is 0 Å². The molecule has 0 aromatic heterocycles. The highest BCUT2D eigenvalue weighted by atomic mass is 16.3. The Morgan fingerprint density at radius 3 is 2.52 bits per heavy atom. The van der Waals surface area contributed by atoms with Crippen LogP contribution in [-0.4, -0.2) is 54.7 Å². The number of nitrogens with zero attached hydrogens (tertiary/aromatic N) is 2. The monoisotopic (exact) mass is 288 g/mol. The van der Waals surface area contributed by atoms with Gasteiger partial charge in [-0.1, -0.05) is 43.2 Å². The molecule has 0 spiro atoms. The van der Waals surface area contributed by atoms with Crippen molar-refractivity contribution in [2.24, 2.45) is 5.92 Å². The molecule has 1 saturated carbocycles. The summed E-state index contributed by atoms with van der Waals surface area (Å²) in [4.78, 5) is 4.94. The third kappa shape index (κ3) is 3.31. The van der Waals surface area contributed by atoms with E-state index in [1.165, 1.54) is 6.42 Å². The maximum Gasteiger partial charge on any atom is 0.0936 e. The summed E-state index contributed by atoms with van der Waals surface area (Å²) < 4.78 is 0. The maximum atomic E-state index is 11.3. The number of aliphatic hydroxyl groups is 1. The molecule has 0 amide bonds. The van der Waals surface area contributed by atoms with Crippen molar-refractivity contribution in [3.05, 3.63) is 35.9 Å². The third-order valence-corrected chi connectivity index (χ3v) is 5.38. The summed E-state index contributed by atoms with van der Waals surface area (Å²) >= 11 is 0. The quantitative estimate of drug-likeness (QED) is 0.924. The second kappa shape index (κ2) is 6.47. The van der Waals surface area contributed by atoms with Gasteiger partial charge in [-0.25, -0.2) is 0 Å². The van der Waals surface area contributed by atoms with Gasteiger partial charge in [0.05, 0.1) is 5.60 Å². The molecule has 3 rings (SSSR count). The van der Waals surface area contributed by atoms with Gasteiger partial charge in [0.15, 0.2) is 0 Å². The van der Waals surface area contributed by atoms with Gasteiger partial charge in [0.2, 0.25) is 0 Å². The Kier molecular flexibility index (Phi) is 4.63. The fourth-order valence-corrected chi connectivity index (χ4v) is 3.92. The Hall–Kier alpha value is -0.900. The van der Waals surface area contributed by atoms with Gasteiger partial charge in [0.1, 0.15) is 0 Å². The highest BCUT2D eigenvalue weighted by molar-refractivity contribution is 5.24. The van der Waals surface area contributed by atoms with Crippen LogP contribution in [0.3, 0.4) is 0 Å². The van der Waals surface area contributed by atoms with Crippen LogP contribution >= 0.6 is 0 Å². The van der Waals surface area contributed by atoms with Gasteiger partial charge >= 0.3 is 0 Å². The molecule has 1 aliphatic heterocycles. The molecule has 3 heteroatoms. The average molecular weight is 288 g/mol. The Labute approximate surface area is 128 Å². The number of hydrogen-bond acceptors (Lipinski definition) is 3. The SMILES string of the molecule is CN1CCN(CC2CCCCC2(O)c2ccccc2)CC1. The molecule has 0 radical (unpaired) electrons. The molecular formula is C18H28N2O. The van der Waals surface area contributed by atoms with Crippen LogP contribution in [0.25, 0.3) is 0 Å². The van der Waals surface area contributed by atoms with Crippen molar-refractivity contribution in [1.82, 2.24) is 9.80 Å². The van der Waals surface area contributed by atoms with E-state index in [0.29, 0.717) is 5.92 Å². The van der Waals surface area contributed by atoms with Crippen molar-refractivity contribution in [2.45, 2.75) is 31.3 Å². The van der Waals surface area contributed by atoms with E-state index in [-0.39, 0.29) is 0 Å². The van der Waals surface area contributed by atoms with Crippen LogP contribution in [0.2, 0.25) is 0 Å². The zero-order valence-corrected chi connectivity index (χ0v) is 13.2. The molecule has 3 nitrogen and oxygen atoms in total. The van der Waals surface area contributed by atoms with E-state index in [4.69, 9.17) is 0 Å². The van der Waals surface area contributed by atoms with Crippen molar-refractivity contribution in [3.8, 4) is 0 Å². The van der Waals surface area contributed by atoms with Gasteiger partial charge in [0.25, 0.3) is 0 Å². The molecule has 1 heterocycles. The minimum atomic E-state index is -0.622. The minimum Gasteiger partial charge on any atom is -0.385 e. The number of benzene rings is 1. The van der Waals surface area contributed by atoms with Gasteiger partial charge in [-0.05, 0) is 25.5 Å². The Morgan fingerprint density at radius 2 is 1.81 bits per heavy atom. The topological polar surface area (TPSA) is 26.7 Å². The lowest BCUT2D eigenvalue weighted by Crippen LogP contribution is -2.50.